The highest BCUT2D eigenvalue weighted by atomic mass is 16.7. The molecule has 0 aromatic heterocycles. The normalized spacial score (nSPS) is 13.6. The molecule has 1 aliphatic rings. The quantitative estimate of drug-likeness (QED) is 0.0799. The first-order valence-electron chi connectivity index (χ1n) is 18.3. The highest BCUT2D eigenvalue weighted by molar-refractivity contribution is 5.98. The van der Waals surface area contributed by atoms with Crippen molar-refractivity contribution in [3.63, 3.8) is 0 Å². The number of para-hydroxylation sites is 1. The van der Waals surface area contributed by atoms with Crippen molar-refractivity contribution in [2.75, 3.05) is 71.8 Å². The minimum atomic E-state index is -0.518. The molecule has 1 saturated heterocycles. The van der Waals surface area contributed by atoms with Gasteiger partial charge >= 0.3 is 0 Å². The number of hydrogen-bond acceptors (Lipinski definition) is 7. The molecule has 0 saturated carbocycles. The molecule has 1 fully saturated rings. The van der Waals surface area contributed by atoms with Crippen molar-refractivity contribution < 1.29 is 28.5 Å². The van der Waals surface area contributed by atoms with Gasteiger partial charge in [-0.2, -0.15) is 0 Å². The summed E-state index contributed by atoms with van der Waals surface area (Å²) >= 11 is 0. The van der Waals surface area contributed by atoms with Gasteiger partial charge in [0.1, 0.15) is 11.9 Å². The largest absolute Gasteiger partial charge is 0.468 e. The summed E-state index contributed by atoms with van der Waals surface area (Å²) in [6, 6.07) is 38.5. The van der Waals surface area contributed by atoms with Crippen LogP contribution in [0.15, 0.2) is 115 Å². The van der Waals surface area contributed by atoms with E-state index in [-0.39, 0.29) is 18.6 Å². The Morgan fingerprint density at radius 3 is 2.26 bits per heavy atom. The van der Waals surface area contributed by atoms with Gasteiger partial charge in [-0.25, -0.2) is 0 Å². The molecule has 6 rings (SSSR count). The van der Waals surface area contributed by atoms with Crippen LogP contribution in [0.5, 0.6) is 5.75 Å². The van der Waals surface area contributed by atoms with Crippen molar-refractivity contribution in [3.05, 3.63) is 132 Å². The third kappa shape index (κ3) is 10.0. The van der Waals surface area contributed by atoms with E-state index in [1.165, 1.54) is 5.69 Å². The second-order valence-electron chi connectivity index (χ2n) is 13.2. The van der Waals surface area contributed by atoms with Crippen LogP contribution in [0.2, 0.25) is 0 Å². The minimum absolute atomic E-state index is 0.0509. The number of hydrogen-bond donors (Lipinski definition) is 0. The zero-order chi connectivity index (χ0) is 37.0. The van der Waals surface area contributed by atoms with Crippen LogP contribution >= 0.6 is 0 Å². The van der Waals surface area contributed by atoms with Crippen LogP contribution in [0.3, 0.4) is 0 Å². The van der Waals surface area contributed by atoms with Gasteiger partial charge in [-0.3, -0.25) is 9.59 Å². The van der Waals surface area contributed by atoms with Crippen LogP contribution in [0.1, 0.15) is 28.4 Å². The molecule has 1 atom stereocenters. The van der Waals surface area contributed by atoms with E-state index in [1.807, 2.05) is 85.6 Å². The molecule has 0 bridgehead atoms. The zero-order valence-electron chi connectivity index (χ0n) is 30.9. The molecule has 0 N–H and O–H groups in total. The molecule has 0 aliphatic carbocycles. The number of methoxy groups -OCH3 is 1. The maximum Gasteiger partial charge on any atom is 0.253 e. The number of nitrogens with zero attached hydrogens (tertiary/aromatic N) is 3. The van der Waals surface area contributed by atoms with Gasteiger partial charge < -0.3 is 33.6 Å². The molecule has 1 unspecified atom stereocenters. The maximum atomic E-state index is 13.6. The molecule has 1 heterocycles. The Morgan fingerprint density at radius 2 is 1.51 bits per heavy atom. The third-order valence-electron chi connectivity index (χ3n) is 9.56. The summed E-state index contributed by atoms with van der Waals surface area (Å²) in [6.45, 7) is 6.99. The first-order valence-corrected chi connectivity index (χ1v) is 18.3. The van der Waals surface area contributed by atoms with E-state index >= 15 is 0 Å². The van der Waals surface area contributed by atoms with E-state index in [2.05, 4.69) is 53.4 Å². The van der Waals surface area contributed by atoms with Gasteiger partial charge in [0.25, 0.3) is 11.8 Å². The zero-order valence-corrected chi connectivity index (χ0v) is 30.9. The Balaban J connectivity index is 1.03. The molecule has 2 amide bonds. The van der Waals surface area contributed by atoms with Crippen LogP contribution in [0.25, 0.3) is 21.9 Å². The van der Waals surface area contributed by atoms with Gasteiger partial charge in [-0.05, 0) is 82.4 Å². The molecule has 1 aliphatic heterocycles. The summed E-state index contributed by atoms with van der Waals surface area (Å²) in [5.74, 6) is 0.706. The van der Waals surface area contributed by atoms with Gasteiger partial charge in [0, 0.05) is 71.2 Å². The summed E-state index contributed by atoms with van der Waals surface area (Å²) < 4.78 is 22.0. The Labute approximate surface area is 312 Å². The molecule has 53 heavy (non-hydrogen) atoms. The lowest BCUT2D eigenvalue weighted by Gasteiger charge is -2.37. The fourth-order valence-electron chi connectivity index (χ4n) is 6.67. The van der Waals surface area contributed by atoms with Crippen LogP contribution in [0.4, 0.5) is 5.69 Å². The maximum absolute atomic E-state index is 13.6. The predicted molar refractivity (Wildman–Crippen MR) is 209 cm³/mol. The van der Waals surface area contributed by atoms with E-state index in [0.29, 0.717) is 57.2 Å². The van der Waals surface area contributed by atoms with Gasteiger partial charge in [-0.1, -0.05) is 72.8 Å². The molecule has 5 aromatic rings. The molecule has 0 spiro atoms. The average Bonchev–Trinajstić information content (AvgIpc) is 3.20. The fourth-order valence-corrected chi connectivity index (χ4v) is 6.67. The van der Waals surface area contributed by atoms with Crippen LogP contribution in [0, 0.1) is 0 Å². The Hall–Kier alpha value is -5.22. The second kappa shape index (κ2) is 18.5. The average molecular weight is 716 g/mol. The first-order chi connectivity index (χ1) is 25.9. The molecular weight excluding hydrogens is 666 g/mol. The summed E-state index contributed by atoms with van der Waals surface area (Å²) in [6.07, 6.45) is 0.00310. The van der Waals surface area contributed by atoms with Gasteiger partial charge in [0.15, 0.2) is 6.79 Å². The summed E-state index contributed by atoms with van der Waals surface area (Å²) in [7, 11) is 3.46. The highest BCUT2D eigenvalue weighted by Gasteiger charge is 2.28. The number of carbonyl (C=O) groups is 2. The molecule has 5 aromatic carbocycles. The van der Waals surface area contributed by atoms with Crippen molar-refractivity contribution in [2.24, 2.45) is 0 Å². The van der Waals surface area contributed by atoms with E-state index in [0.717, 1.165) is 46.1 Å². The number of benzene rings is 5. The molecule has 276 valence electrons. The lowest BCUT2D eigenvalue weighted by molar-refractivity contribution is -0.143. The monoisotopic (exact) mass is 715 g/mol. The first kappa shape index (κ1) is 37.5. The molecule has 9 nitrogen and oxygen atoms in total. The third-order valence-corrected chi connectivity index (χ3v) is 9.56. The molecule has 9 heteroatoms. The topological polar surface area (TPSA) is 80.8 Å². The lowest BCUT2D eigenvalue weighted by atomic mass is 9.99. The lowest BCUT2D eigenvalue weighted by Crippen LogP contribution is -2.52. The van der Waals surface area contributed by atoms with E-state index in [9.17, 15) is 9.59 Å². The number of ether oxygens (including phenoxy) is 4. The molecular formula is C44H49N3O6. The fraction of sp³-hybridized carbons (Fsp3) is 0.318. The van der Waals surface area contributed by atoms with Gasteiger partial charge in [0.2, 0.25) is 0 Å². The number of anilines is 1. The van der Waals surface area contributed by atoms with E-state index in [4.69, 9.17) is 18.9 Å². The van der Waals surface area contributed by atoms with Crippen LogP contribution in [-0.2, 0) is 32.0 Å². The SMILES string of the molecule is CCOC(Cc1ccc(-c2cccc(CN(C)C(=O)c3ccc4cc(OCOCCOC)ccc4c3)c2)cc1)C(=O)N1CCN(c2ccccc2)CC1. The van der Waals surface area contributed by atoms with Crippen molar-refractivity contribution in [1.29, 1.82) is 0 Å². The Bertz CT molecular complexity index is 1940. The minimum Gasteiger partial charge on any atom is -0.468 e. The number of amides is 2. The summed E-state index contributed by atoms with van der Waals surface area (Å²) in [5.41, 5.74) is 6.04. The summed E-state index contributed by atoms with van der Waals surface area (Å²) in [4.78, 5) is 33.0. The van der Waals surface area contributed by atoms with E-state index < -0.39 is 6.10 Å². The predicted octanol–water partition coefficient (Wildman–Crippen LogP) is 7.07. The van der Waals surface area contributed by atoms with E-state index in [1.54, 1.807) is 12.0 Å². The number of fused-ring (bicyclic) bond motifs is 1. The van der Waals surface area contributed by atoms with Crippen molar-refractivity contribution in [3.8, 4) is 16.9 Å². The number of rotatable bonds is 16. The molecule has 0 radical (unpaired) electrons. The highest BCUT2D eigenvalue weighted by Crippen LogP contribution is 2.25. The summed E-state index contributed by atoms with van der Waals surface area (Å²) in [5, 5.41) is 1.94. The smallest absolute Gasteiger partial charge is 0.253 e. The van der Waals surface area contributed by atoms with Crippen molar-refractivity contribution in [2.45, 2.75) is 26.0 Å². The Morgan fingerprint density at radius 1 is 0.755 bits per heavy atom. The van der Waals surface area contributed by atoms with Crippen molar-refractivity contribution >= 4 is 28.3 Å². The van der Waals surface area contributed by atoms with Crippen LogP contribution in [-0.4, -0.2) is 94.7 Å². The van der Waals surface area contributed by atoms with Gasteiger partial charge in [-0.15, -0.1) is 0 Å². The Kier molecular flexibility index (Phi) is 13.1. The standard InChI is InChI=1S/C44H49N3O6/c1-4-52-42(44(49)47-23-21-46(22-24-47)40-11-6-5-7-12-40)28-33-13-15-35(16-14-33)36-10-8-9-34(27-36)31-45(2)43(48)39-18-17-38-30-41(20-19-37(38)29-39)53-32-51-26-25-50-3/h5-20,27,29-30,42H,4,21-26,28,31-32H2,1-3H3. The number of carbonyl (C=O) groups excluding carboxylic acids is 2. The second-order valence-corrected chi connectivity index (χ2v) is 13.2. The van der Waals surface area contributed by atoms with Gasteiger partial charge in [0.05, 0.1) is 13.2 Å². The van der Waals surface area contributed by atoms with Crippen LogP contribution < -0.4 is 9.64 Å². The van der Waals surface area contributed by atoms with Crippen molar-refractivity contribution in [1.82, 2.24) is 9.80 Å². The number of piperazine rings is 1.